The van der Waals surface area contributed by atoms with E-state index in [1.165, 1.54) is 6.42 Å². The molecule has 11 heavy (non-hydrogen) atoms. The van der Waals surface area contributed by atoms with E-state index in [-0.39, 0.29) is 6.04 Å². The van der Waals surface area contributed by atoms with Crippen LogP contribution in [0.25, 0.3) is 0 Å². The molecule has 1 saturated carbocycles. The summed E-state index contributed by atoms with van der Waals surface area (Å²) in [5.74, 6) is 1.17. The van der Waals surface area contributed by atoms with E-state index in [0.717, 1.165) is 18.1 Å². The fourth-order valence-electron chi connectivity index (χ4n) is 1.95. The van der Waals surface area contributed by atoms with Crippen LogP contribution in [0.15, 0.2) is 10.2 Å². The van der Waals surface area contributed by atoms with E-state index < -0.39 is 0 Å². The van der Waals surface area contributed by atoms with Gasteiger partial charge in [-0.2, -0.15) is 10.2 Å². The van der Waals surface area contributed by atoms with Crippen molar-refractivity contribution >= 4 is 11.9 Å². The molecule has 60 valence electrons. The molecule has 3 atom stereocenters. The first-order valence-electron chi connectivity index (χ1n) is 4.14. The van der Waals surface area contributed by atoms with Crippen LogP contribution in [-0.2, 0) is 0 Å². The summed E-state index contributed by atoms with van der Waals surface area (Å²) in [7, 11) is 0. The molecule has 1 heterocycles. The Kier molecular flexibility index (Phi) is 1.53. The van der Waals surface area contributed by atoms with Gasteiger partial charge in [-0.15, -0.1) is 0 Å². The Hall–Kier alpha value is -0.700. The minimum absolute atomic E-state index is 0.159. The second kappa shape index (κ2) is 2.41. The van der Waals surface area contributed by atoms with E-state index >= 15 is 0 Å². The van der Waals surface area contributed by atoms with Gasteiger partial charge in [-0.3, -0.25) is 0 Å². The summed E-state index contributed by atoms with van der Waals surface area (Å²) in [6.45, 7) is 2.24. The molecule has 1 fully saturated rings. The van der Waals surface area contributed by atoms with Crippen LogP contribution in [0, 0.1) is 11.8 Å². The van der Waals surface area contributed by atoms with Gasteiger partial charge in [0.05, 0.1) is 5.71 Å². The van der Waals surface area contributed by atoms with Crippen LogP contribution < -0.4 is 5.73 Å². The normalized spacial score (nSPS) is 42.0. The molecule has 1 aliphatic heterocycles. The molecule has 0 radical (unpaired) electrons. The summed E-state index contributed by atoms with van der Waals surface area (Å²) in [6.07, 6.45) is 4.17. The van der Waals surface area contributed by atoms with Gasteiger partial charge in [0, 0.05) is 18.2 Å². The highest BCUT2D eigenvalue weighted by atomic mass is 15.2. The SMILES string of the molecule is CC1CC(N)C2=NN=CC2C1. The number of nitrogens with zero attached hydrogens (tertiary/aromatic N) is 2. The van der Waals surface area contributed by atoms with E-state index in [9.17, 15) is 0 Å². The zero-order valence-electron chi connectivity index (χ0n) is 6.70. The first kappa shape index (κ1) is 6.98. The average Bonchev–Trinajstić information content (AvgIpc) is 2.34. The van der Waals surface area contributed by atoms with Crippen molar-refractivity contribution in [2.45, 2.75) is 25.8 Å². The van der Waals surface area contributed by atoms with Gasteiger partial charge in [-0.05, 0) is 18.8 Å². The molecule has 0 bridgehead atoms. The van der Waals surface area contributed by atoms with Crippen LogP contribution in [0.1, 0.15) is 19.8 Å². The van der Waals surface area contributed by atoms with Crippen molar-refractivity contribution in [1.29, 1.82) is 0 Å². The monoisotopic (exact) mass is 151 g/mol. The van der Waals surface area contributed by atoms with Crippen LogP contribution in [0.2, 0.25) is 0 Å². The average molecular weight is 151 g/mol. The molecule has 3 nitrogen and oxygen atoms in total. The maximum absolute atomic E-state index is 5.90. The molecule has 0 aromatic heterocycles. The molecule has 3 unspecified atom stereocenters. The lowest BCUT2D eigenvalue weighted by Crippen LogP contribution is -2.41. The highest BCUT2D eigenvalue weighted by molar-refractivity contribution is 6.04. The topological polar surface area (TPSA) is 50.7 Å². The van der Waals surface area contributed by atoms with E-state index in [1.54, 1.807) is 0 Å². The Morgan fingerprint density at radius 2 is 2.36 bits per heavy atom. The summed E-state index contributed by atoms with van der Waals surface area (Å²) < 4.78 is 0. The van der Waals surface area contributed by atoms with Crippen molar-refractivity contribution in [3.63, 3.8) is 0 Å². The highest BCUT2D eigenvalue weighted by Gasteiger charge is 2.31. The second-order valence-electron chi connectivity index (χ2n) is 3.58. The van der Waals surface area contributed by atoms with Crippen LogP contribution in [-0.4, -0.2) is 18.0 Å². The van der Waals surface area contributed by atoms with Crippen molar-refractivity contribution in [2.75, 3.05) is 0 Å². The van der Waals surface area contributed by atoms with Gasteiger partial charge in [0.15, 0.2) is 0 Å². The number of fused-ring (bicyclic) bond motifs is 1. The molecule has 2 aliphatic rings. The maximum atomic E-state index is 5.90. The summed E-state index contributed by atoms with van der Waals surface area (Å²) in [5.41, 5.74) is 7.00. The zero-order valence-corrected chi connectivity index (χ0v) is 6.70. The van der Waals surface area contributed by atoms with Gasteiger partial charge in [0.25, 0.3) is 0 Å². The number of rotatable bonds is 0. The van der Waals surface area contributed by atoms with Crippen molar-refractivity contribution in [2.24, 2.45) is 27.8 Å². The smallest absolute Gasteiger partial charge is 0.0657 e. The molecule has 0 aromatic rings. The van der Waals surface area contributed by atoms with Crippen LogP contribution in [0.3, 0.4) is 0 Å². The largest absolute Gasteiger partial charge is 0.323 e. The molecular formula is C8H13N3. The van der Waals surface area contributed by atoms with E-state index in [2.05, 4.69) is 17.1 Å². The fourth-order valence-corrected chi connectivity index (χ4v) is 1.95. The van der Waals surface area contributed by atoms with E-state index in [0.29, 0.717) is 5.92 Å². The quantitative estimate of drug-likeness (QED) is 0.547. The Bertz CT molecular complexity index is 219. The van der Waals surface area contributed by atoms with Gasteiger partial charge in [-0.25, -0.2) is 0 Å². The summed E-state index contributed by atoms with van der Waals surface area (Å²) in [6, 6.07) is 0.159. The zero-order chi connectivity index (χ0) is 7.84. The van der Waals surface area contributed by atoms with Gasteiger partial charge in [-0.1, -0.05) is 6.92 Å². The maximum Gasteiger partial charge on any atom is 0.0657 e. The second-order valence-corrected chi connectivity index (χ2v) is 3.58. The summed E-state index contributed by atoms with van der Waals surface area (Å²) >= 11 is 0. The minimum atomic E-state index is 0.159. The van der Waals surface area contributed by atoms with E-state index in [4.69, 9.17) is 5.73 Å². The molecule has 2 rings (SSSR count). The predicted molar refractivity (Wildman–Crippen MR) is 45.8 cm³/mol. The summed E-state index contributed by atoms with van der Waals surface area (Å²) in [5, 5.41) is 7.93. The first-order chi connectivity index (χ1) is 5.27. The predicted octanol–water partition coefficient (Wildman–Crippen LogP) is 0.800. The fraction of sp³-hybridized carbons (Fsp3) is 0.750. The van der Waals surface area contributed by atoms with Gasteiger partial charge in [0.2, 0.25) is 0 Å². The number of hydrogen-bond donors (Lipinski definition) is 1. The van der Waals surface area contributed by atoms with Crippen molar-refractivity contribution in [1.82, 2.24) is 0 Å². The minimum Gasteiger partial charge on any atom is -0.323 e. The Balaban J connectivity index is 2.18. The van der Waals surface area contributed by atoms with Crippen LogP contribution >= 0.6 is 0 Å². The molecular weight excluding hydrogens is 138 g/mol. The van der Waals surface area contributed by atoms with Gasteiger partial charge >= 0.3 is 0 Å². The lowest BCUT2D eigenvalue weighted by molar-refractivity contribution is 0.429. The Morgan fingerprint density at radius 3 is 3.18 bits per heavy atom. The molecule has 0 aromatic carbocycles. The molecule has 0 amide bonds. The van der Waals surface area contributed by atoms with Gasteiger partial charge in [0.1, 0.15) is 0 Å². The lowest BCUT2D eigenvalue weighted by Gasteiger charge is -2.27. The third-order valence-corrected chi connectivity index (χ3v) is 2.49. The van der Waals surface area contributed by atoms with Gasteiger partial charge < -0.3 is 5.73 Å². The molecule has 0 spiro atoms. The Morgan fingerprint density at radius 1 is 1.55 bits per heavy atom. The third kappa shape index (κ3) is 1.09. The van der Waals surface area contributed by atoms with Crippen molar-refractivity contribution < 1.29 is 0 Å². The molecule has 2 N–H and O–H groups in total. The number of hydrogen-bond acceptors (Lipinski definition) is 3. The van der Waals surface area contributed by atoms with E-state index in [1.807, 2.05) is 6.21 Å². The molecule has 3 heteroatoms. The molecule has 0 saturated heterocycles. The first-order valence-corrected chi connectivity index (χ1v) is 4.14. The Labute approximate surface area is 66.4 Å². The highest BCUT2D eigenvalue weighted by Crippen LogP contribution is 2.27. The van der Waals surface area contributed by atoms with Crippen molar-refractivity contribution in [3.8, 4) is 0 Å². The summed E-state index contributed by atoms with van der Waals surface area (Å²) in [4.78, 5) is 0. The third-order valence-electron chi connectivity index (χ3n) is 2.49. The standard InChI is InChI=1S/C8H13N3/c1-5-2-6-4-10-11-8(6)7(9)3-5/h4-7H,2-3,9H2,1H3. The lowest BCUT2D eigenvalue weighted by atomic mass is 9.79. The molecule has 1 aliphatic carbocycles. The van der Waals surface area contributed by atoms with Crippen molar-refractivity contribution in [3.05, 3.63) is 0 Å². The van der Waals surface area contributed by atoms with Crippen LogP contribution in [0.5, 0.6) is 0 Å². The van der Waals surface area contributed by atoms with Crippen LogP contribution in [0.4, 0.5) is 0 Å². The number of nitrogens with two attached hydrogens (primary N) is 1.